The summed E-state index contributed by atoms with van der Waals surface area (Å²) >= 11 is 1.02. The van der Waals surface area contributed by atoms with E-state index in [-0.39, 0.29) is 40.1 Å². The lowest BCUT2D eigenvalue weighted by atomic mass is 9.82. The Morgan fingerprint density at radius 1 is 1.02 bits per heavy atom. The number of sulfonamides is 1. The summed E-state index contributed by atoms with van der Waals surface area (Å²) in [5.41, 5.74) is 0.888. The maximum absolute atomic E-state index is 14.0. The Morgan fingerprint density at radius 3 is 2.33 bits per heavy atom. The molecule has 3 aromatic rings. The number of aromatic carboxylic acids is 1. The highest BCUT2D eigenvalue weighted by molar-refractivity contribution is 7.89. The van der Waals surface area contributed by atoms with Crippen LogP contribution in [0.4, 0.5) is 15.9 Å². The summed E-state index contributed by atoms with van der Waals surface area (Å²) in [5.74, 6) is -1.40. The van der Waals surface area contributed by atoms with Gasteiger partial charge in [0.05, 0.1) is 30.5 Å². The molecule has 3 fully saturated rings. The molecule has 1 amide bonds. The zero-order valence-electron chi connectivity index (χ0n) is 25.3. The molecule has 3 atom stereocenters. The van der Waals surface area contributed by atoms with Crippen LogP contribution in [0.25, 0.3) is 10.4 Å². The average molecular weight is 657 g/mol. The number of thiophene rings is 1. The van der Waals surface area contributed by atoms with Crippen LogP contribution in [0, 0.1) is 11.7 Å². The molecule has 1 aliphatic carbocycles. The number of ether oxygens (including phenoxy) is 1. The molecule has 1 unspecified atom stereocenters. The van der Waals surface area contributed by atoms with E-state index in [1.807, 2.05) is 13.8 Å². The lowest BCUT2D eigenvalue weighted by Gasteiger charge is -2.44. The number of benzene rings is 1. The number of carboxylic acid groups (broad SMARTS) is 1. The topological polar surface area (TPSA) is 120 Å². The number of nitrogens with zero attached hydrogens (tertiary/aromatic N) is 4. The molecular weight excluding hydrogens is 620 g/mol. The van der Waals surface area contributed by atoms with E-state index in [1.54, 1.807) is 24.3 Å². The molecule has 2 aliphatic heterocycles. The van der Waals surface area contributed by atoms with Crippen molar-refractivity contribution < 1.29 is 32.2 Å². The molecule has 13 heteroatoms. The van der Waals surface area contributed by atoms with Crippen molar-refractivity contribution in [1.82, 2.24) is 9.29 Å². The van der Waals surface area contributed by atoms with Crippen LogP contribution in [0.15, 0.2) is 53.6 Å². The summed E-state index contributed by atoms with van der Waals surface area (Å²) in [6.07, 6.45) is 5.99. The van der Waals surface area contributed by atoms with E-state index in [9.17, 15) is 27.5 Å². The number of carbonyl (C=O) groups is 2. The van der Waals surface area contributed by atoms with Gasteiger partial charge in [0.15, 0.2) is 0 Å². The number of carboxylic acids is 1. The fourth-order valence-corrected chi connectivity index (χ4v) is 9.18. The number of piperazine rings is 1. The highest BCUT2D eigenvalue weighted by Gasteiger charge is 2.44. The quantitative estimate of drug-likeness (QED) is 0.367. The van der Waals surface area contributed by atoms with Gasteiger partial charge in [-0.15, -0.1) is 11.3 Å². The maximum atomic E-state index is 14.0. The molecular formula is C32H37FN4O6S2. The van der Waals surface area contributed by atoms with E-state index in [0.29, 0.717) is 29.3 Å². The minimum Gasteiger partial charge on any atom is -0.477 e. The highest BCUT2D eigenvalue weighted by Crippen LogP contribution is 2.42. The Labute approximate surface area is 266 Å². The number of hydrogen-bond acceptors (Lipinski definition) is 8. The Kier molecular flexibility index (Phi) is 8.97. The summed E-state index contributed by atoms with van der Waals surface area (Å²) in [4.78, 5) is 35.0. The largest absolute Gasteiger partial charge is 0.477 e. The number of amides is 1. The number of rotatable bonds is 7. The second-order valence-electron chi connectivity index (χ2n) is 12.2. The molecule has 6 rings (SSSR count). The molecule has 1 saturated carbocycles. The highest BCUT2D eigenvalue weighted by atomic mass is 32.2. The van der Waals surface area contributed by atoms with Crippen LogP contribution < -0.4 is 9.80 Å². The fourth-order valence-electron chi connectivity index (χ4n) is 6.84. The number of hydrogen-bond donors (Lipinski definition) is 1. The van der Waals surface area contributed by atoms with Crippen LogP contribution in [0.3, 0.4) is 0 Å². The number of aromatic nitrogens is 1. The first-order chi connectivity index (χ1) is 21.5. The van der Waals surface area contributed by atoms with E-state index in [4.69, 9.17) is 4.74 Å². The first-order valence-corrected chi connectivity index (χ1v) is 17.6. The number of anilines is 2. The molecule has 2 saturated heterocycles. The monoisotopic (exact) mass is 656 g/mol. The van der Waals surface area contributed by atoms with Crippen LogP contribution in [0.1, 0.15) is 55.6 Å². The van der Waals surface area contributed by atoms with Gasteiger partial charge in [0, 0.05) is 30.7 Å². The minimum atomic E-state index is -4.08. The van der Waals surface area contributed by atoms with Crippen molar-refractivity contribution >= 4 is 44.7 Å². The third-order valence-corrected chi connectivity index (χ3v) is 11.9. The van der Waals surface area contributed by atoms with Crippen molar-refractivity contribution in [3.8, 4) is 10.4 Å². The molecule has 4 heterocycles. The van der Waals surface area contributed by atoms with Gasteiger partial charge in [-0.2, -0.15) is 4.31 Å². The Hall–Kier alpha value is -3.39. The van der Waals surface area contributed by atoms with E-state index in [1.165, 1.54) is 33.6 Å². The molecule has 3 aliphatic rings. The first-order valence-electron chi connectivity index (χ1n) is 15.3. The summed E-state index contributed by atoms with van der Waals surface area (Å²) < 4.78 is 48.5. The molecule has 1 aromatic carbocycles. The summed E-state index contributed by atoms with van der Waals surface area (Å²) in [7, 11) is -4.08. The predicted octanol–water partition coefficient (Wildman–Crippen LogP) is 5.25. The predicted molar refractivity (Wildman–Crippen MR) is 170 cm³/mol. The molecule has 240 valence electrons. The maximum Gasteiger partial charge on any atom is 0.348 e. The van der Waals surface area contributed by atoms with Gasteiger partial charge in [0.25, 0.3) is 0 Å². The lowest BCUT2D eigenvalue weighted by Crippen LogP contribution is -2.60. The van der Waals surface area contributed by atoms with E-state index >= 15 is 0 Å². The van der Waals surface area contributed by atoms with E-state index < -0.39 is 40.3 Å². The van der Waals surface area contributed by atoms with Crippen LogP contribution in [-0.4, -0.2) is 79.1 Å². The molecule has 45 heavy (non-hydrogen) atoms. The smallest absolute Gasteiger partial charge is 0.348 e. The van der Waals surface area contributed by atoms with Gasteiger partial charge in [-0.3, -0.25) is 4.79 Å². The Bertz CT molecular complexity index is 1650. The second-order valence-corrected chi connectivity index (χ2v) is 15.2. The van der Waals surface area contributed by atoms with Crippen molar-refractivity contribution in [2.45, 2.75) is 69.1 Å². The summed E-state index contributed by atoms with van der Waals surface area (Å²) in [6, 6.07) is 10.1. The number of carbonyl (C=O) groups excluding carboxylic acids is 1. The van der Waals surface area contributed by atoms with Gasteiger partial charge in [-0.25, -0.2) is 22.6 Å². The van der Waals surface area contributed by atoms with Crippen molar-refractivity contribution in [2.24, 2.45) is 5.92 Å². The molecule has 10 nitrogen and oxygen atoms in total. The van der Waals surface area contributed by atoms with Crippen molar-refractivity contribution in [3.63, 3.8) is 0 Å². The normalized spacial score (nSPS) is 23.8. The molecule has 0 radical (unpaired) electrons. The molecule has 0 bridgehead atoms. The van der Waals surface area contributed by atoms with Gasteiger partial charge in [-0.1, -0.05) is 31.4 Å². The van der Waals surface area contributed by atoms with E-state index in [2.05, 4.69) is 9.88 Å². The number of morpholine rings is 1. The van der Waals surface area contributed by atoms with Gasteiger partial charge < -0.3 is 19.6 Å². The van der Waals surface area contributed by atoms with Gasteiger partial charge in [-0.05, 0) is 68.5 Å². The summed E-state index contributed by atoms with van der Waals surface area (Å²) in [5, 5.41) is 10.1. The second kappa shape index (κ2) is 12.8. The molecule has 1 N–H and O–H groups in total. The average Bonchev–Trinajstić information content (AvgIpc) is 3.46. The van der Waals surface area contributed by atoms with Crippen molar-refractivity contribution in [1.29, 1.82) is 0 Å². The fraction of sp³-hybridized carbons (Fsp3) is 0.469. The molecule has 0 spiro atoms. The summed E-state index contributed by atoms with van der Waals surface area (Å²) in [6.45, 7) is 4.88. The van der Waals surface area contributed by atoms with E-state index in [0.717, 1.165) is 43.4 Å². The zero-order valence-corrected chi connectivity index (χ0v) is 26.9. The standard InChI is InChI=1S/C32H37FN4O6S2/c1-20-16-35(17-21(2)43-20)29-13-12-25(15-34-29)45(41,42)36-18-27(22-6-4-3-5-7-22)37(30(38)19-36)26-14-28(44-31(26)32(39)40)23-8-10-24(33)11-9-23/h8-15,20-22,27H,3-7,16-19H2,1-2H3,(H,39,40)/t20-,21+,27?. The number of halogens is 1. The lowest BCUT2D eigenvalue weighted by molar-refractivity contribution is -0.121. The van der Waals surface area contributed by atoms with Crippen LogP contribution in [0.2, 0.25) is 0 Å². The van der Waals surface area contributed by atoms with Crippen molar-refractivity contribution in [3.05, 3.63) is 59.4 Å². The van der Waals surface area contributed by atoms with Crippen LogP contribution >= 0.6 is 11.3 Å². The zero-order chi connectivity index (χ0) is 31.9. The van der Waals surface area contributed by atoms with Gasteiger partial charge >= 0.3 is 5.97 Å². The molecule has 2 aromatic heterocycles. The minimum absolute atomic E-state index is 0.00215. The van der Waals surface area contributed by atoms with Crippen molar-refractivity contribution in [2.75, 3.05) is 36.0 Å². The first kappa shape index (κ1) is 31.6. The Morgan fingerprint density at radius 2 is 1.71 bits per heavy atom. The third kappa shape index (κ3) is 6.49. The number of pyridine rings is 1. The van der Waals surface area contributed by atoms with Gasteiger partial charge in [0.1, 0.15) is 21.4 Å². The van der Waals surface area contributed by atoms with Crippen LogP contribution in [-0.2, 0) is 19.6 Å². The Balaban J connectivity index is 1.31. The third-order valence-electron chi connectivity index (χ3n) is 8.89. The van der Waals surface area contributed by atoms with Crippen LogP contribution in [0.5, 0.6) is 0 Å². The van der Waals surface area contributed by atoms with Gasteiger partial charge in [0.2, 0.25) is 15.9 Å². The SMILES string of the molecule is C[C@@H]1CN(c2ccc(S(=O)(=O)N3CC(=O)N(c4cc(-c5ccc(F)cc5)sc4C(=O)O)C(C4CCCCC4)C3)cn2)C[C@H](C)O1.